The normalized spacial score (nSPS) is 15.4. The standard InChI is InChI=1S/C19H19N8O/c1-6-18-19(22-28-21-18)13-15(1)7-8-25-9-11-26(12-10-25)16-2-4-17(5-3-16)27-14-20-23-24-27/h1-2,4-6,13-14H,7-12H2. The van der Waals surface area contributed by atoms with Crippen molar-refractivity contribution in [2.24, 2.45) is 0 Å². The molecule has 0 spiro atoms. The summed E-state index contributed by atoms with van der Waals surface area (Å²) in [5.41, 5.74) is 4.91. The lowest BCUT2D eigenvalue weighted by atomic mass is 10.1. The topological polar surface area (TPSA) is 89.0 Å². The first-order valence-corrected chi connectivity index (χ1v) is 9.29. The third kappa shape index (κ3) is 3.44. The van der Waals surface area contributed by atoms with Gasteiger partial charge in [0.25, 0.3) is 0 Å². The van der Waals surface area contributed by atoms with E-state index in [0.29, 0.717) is 0 Å². The first kappa shape index (κ1) is 16.8. The van der Waals surface area contributed by atoms with E-state index in [1.165, 1.54) is 5.56 Å². The molecule has 5 rings (SSSR count). The Morgan fingerprint density at radius 3 is 2.68 bits per heavy atom. The third-order valence-corrected chi connectivity index (χ3v) is 5.14. The van der Waals surface area contributed by atoms with E-state index in [4.69, 9.17) is 4.63 Å². The van der Waals surface area contributed by atoms with Crippen molar-refractivity contribution in [3.8, 4) is 5.69 Å². The Balaban J connectivity index is 1.15. The number of hydrogen-bond acceptors (Lipinski definition) is 8. The van der Waals surface area contributed by atoms with Crippen LogP contribution in [0.25, 0.3) is 16.7 Å². The van der Waals surface area contributed by atoms with E-state index in [1.807, 2.05) is 18.2 Å². The molecule has 1 radical (unpaired) electrons. The third-order valence-electron chi connectivity index (χ3n) is 5.14. The maximum Gasteiger partial charge on any atom is 0.143 e. The Kier molecular flexibility index (Phi) is 4.42. The van der Waals surface area contributed by atoms with Gasteiger partial charge in [-0.1, -0.05) is 6.07 Å². The van der Waals surface area contributed by atoms with Crippen LogP contribution in [-0.4, -0.2) is 68.1 Å². The van der Waals surface area contributed by atoms with Crippen LogP contribution in [0.5, 0.6) is 0 Å². The number of aromatic nitrogens is 6. The van der Waals surface area contributed by atoms with Crippen LogP contribution in [0.3, 0.4) is 0 Å². The van der Waals surface area contributed by atoms with Gasteiger partial charge in [0.1, 0.15) is 17.4 Å². The Labute approximate surface area is 161 Å². The molecule has 3 heterocycles. The van der Waals surface area contributed by atoms with Gasteiger partial charge in [0, 0.05) is 44.5 Å². The van der Waals surface area contributed by atoms with Crippen molar-refractivity contribution in [1.29, 1.82) is 0 Å². The molecular weight excluding hydrogens is 356 g/mol. The molecule has 2 aromatic carbocycles. The van der Waals surface area contributed by atoms with Crippen molar-refractivity contribution >= 4 is 16.7 Å². The summed E-state index contributed by atoms with van der Waals surface area (Å²) < 4.78 is 6.40. The highest BCUT2D eigenvalue weighted by atomic mass is 16.6. The number of nitrogens with zero attached hydrogens (tertiary/aromatic N) is 8. The summed E-state index contributed by atoms with van der Waals surface area (Å²) in [5, 5.41) is 19.0. The Morgan fingerprint density at radius 2 is 1.89 bits per heavy atom. The average molecular weight is 375 g/mol. The van der Waals surface area contributed by atoms with E-state index >= 15 is 0 Å². The van der Waals surface area contributed by atoms with Gasteiger partial charge in [0.2, 0.25) is 0 Å². The molecule has 9 nitrogen and oxygen atoms in total. The van der Waals surface area contributed by atoms with E-state index in [9.17, 15) is 0 Å². The van der Waals surface area contributed by atoms with Crippen LogP contribution in [0.4, 0.5) is 5.69 Å². The van der Waals surface area contributed by atoms with Crippen LogP contribution in [0.15, 0.2) is 47.4 Å². The number of rotatable bonds is 5. The number of benzene rings is 2. The molecule has 0 atom stereocenters. The Bertz CT molecular complexity index is 1040. The molecule has 0 unspecified atom stereocenters. The molecule has 0 saturated carbocycles. The maximum atomic E-state index is 4.77. The zero-order valence-corrected chi connectivity index (χ0v) is 15.3. The highest BCUT2D eigenvalue weighted by Crippen LogP contribution is 2.18. The quantitative estimate of drug-likeness (QED) is 0.517. The maximum absolute atomic E-state index is 4.77. The second-order valence-electron chi connectivity index (χ2n) is 6.85. The van der Waals surface area contributed by atoms with Crippen molar-refractivity contribution in [2.75, 3.05) is 37.6 Å². The van der Waals surface area contributed by atoms with E-state index in [2.05, 4.69) is 59.9 Å². The number of fused-ring (bicyclic) bond motifs is 1. The van der Waals surface area contributed by atoms with E-state index in [-0.39, 0.29) is 0 Å². The van der Waals surface area contributed by atoms with Gasteiger partial charge in [-0.15, -0.1) is 5.10 Å². The molecule has 0 amide bonds. The number of piperazine rings is 1. The SMILES string of the molecule is [c]1cc(-n2cnnn2)ccc1N1CCN(CCc2ccc3nonc3c2)CC1. The van der Waals surface area contributed by atoms with Crippen molar-refractivity contribution < 1.29 is 4.63 Å². The molecule has 2 aromatic heterocycles. The zero-order chi connectivity index (χ0) is 18.8. The summed E-state index contributed by atoms with van der Waals surface area (Å²) in [4.78, 5) is 4.87. The average Bonchev–Trinajstić information content (AvgIpc) is 3.44. The van der Waals surface area contributed by atoms with Crippen molar-refractivity contribution in [3.05, 3.63) is 54.4 Å². The van der Waals surface area contributed by atoms with Gasteiger partial charge in [-0.3, -0.25) is 4.90 Å². The van der Waals surface area contributed by atoms with Crippen LogP contribution in [0.1, 0.15) is 5.56 Å². The van der Waals surface area contributed by atoms with Crippen LogP contribution in [0, 0.1) is 6.07 Å². The van der Waals surface area contributed by atoms with Gasteiger partial charge < -0.3 is 4.90 Å². The van der Waals surface area contributed by atoms with Crippen molar-refractivity contribution in [2.45, 2.75) is 6.42 Å². The highest BCUT2D eigenvalue weighted by Gasteiger charge is 2.17. The molecule has 1 aliphatic rings. The van der Waals surface area contributed by atoms with Crippen LogP contribution in [-0.2, 0) is 6.42 Å². The minimum Gasteiger partial charge on any atom is -0.368 e. The zero-order valence-electron chi connectivity index (χ0n) is 15.3. The van der Waals surface area contributed by atoms with Crippen LogP contribution >= 0.6 is 0 Å². The summed E-state index contributed by atoms with van der Waals surface area (Å²) >= 11 is 0. The first-order chi connectivity index (χ1) is 13.8. The van der Waals surface area contributed by atoms with Crippen LogP contribution in [0.2, 0.25) is 0 Å². The molecule has 0 N–H and O–H groups in total. The van der Waals surface area contributed by atoms with Gasteiger partial charge in [-0.2, -0.15) is 0 Å². The number of hydrogen-bond donors (Lipinski definition) is 0. The van der Waals surface area contributed by atoms with E-state index < -0.39 is 0 Å². The molecule has 1 saturated heterocycles. The molecule has 28 heavy (non-hydrogen) atoms. The summed E-state index contributed by atoms with van der Waals surface area (Å²) in [6.07, 6.45) is 2.58. The fraction of sp³-hybridized carbons (Fsp3) is 0.316. The fourth-order valence-electron chi connectivity index (χ4n) is 3.51. The molecule has 0 bridgehead atoms. The number of anilines is 1. The predicted octanol–water partition coefficient (Wildman–Crippen LogP) is 1.36. The molecule has 9 heteroatoms. The Hall–Kier alpha value is -3.33. The predicted molar refractivity (Wildman–Crippen MR) is 102 cm³/mol. The van der Waals surface area contributed by atoms with E-state index in [0.717, 1.165) is 61.6 Å². The van der Waals surface area contributed by atoms with Gasteiger partial charge >= 0.3 is 0 Å². The Morgan fingerprint density at radius 1 is 1.00 bits per heavy atom. The molecule has 0 aliphatic carbocycles. The van der Waals surface area contributed by atoms with E-state index in [1.54, 1.807) is 11.0 Å². The van der Waals surface area contributed by atoms with Crippen molar-refractivity contribution in [3.63, 3.8) is 0 Å². The number of tetrazole rings is 1. The van der Waals surface area contributed by atoms with Gasteiger partial charge in [0.15, 0.2) is 0 Å². The lowest BCUT2D eigenvalue weighted by Crippen LogP contribution is -2.47. The molecule has 141 valence electrons. The smallest absolute Gasteiger partial charge is 0.143 e. The summed E-state index contributed by atoms with van der Waals surface area (Å²) in [5.74, 6) is 0. The minimum atomic E-state index is 0.805. The second kappa shape index (κ2) is 7.35. The van der Waals surface area contributed by atoms with Gasteiger partial charge in [-0.25, -0.2) is 9.31 Å². The lowest BCUT2D eigenvalue weighted by molar-refractivity contribution is 0.261. The highest BCUT2D eigenvalue weighted by molar-refractivity contribution is 5.73. The second-order valence-corrected chi connectivity index (χ2v) is 6.85. The first-order valence-electron chi connectivity index (χ1n) is 9.29. The summed E-state index contributed by atoms with van der Waals surface area (Å²) in [6.45, 7) is 5.10. The summed E-state index contributed by atoms with van der Waals surface area (Å²) in [7, 11) is 0. The molecule has 4 aromatic rings. The molecule has 1 aliphatic heterocycles. The lowest BCUT2D eigenvalue weighted by Gasteiger charge is -2.36. The molecule has 1 fully saturated rings. The fourth-order valence-corrected chi connectivity index (χ4v) is 3.51. The summed E-state index contributed by atoms with van der Waals surface area (Å²) in [6, 6.07) is 15.5. The monoisotopic (exact) mass is 375 g/mol. The van der Waals surface area contributed by atoms with Crippen LogP contribution < -0.4 is 4.90 Å². The van der Waals surface area contributed by atoms with Gasteiger partial charge in [-0.05, 0) is 63.1 Å². The minimum absolute atomic E-state index is 0.805. The van der Waals surface area contributed by atoms with Gasteiger partial charge in [0.05, 0.1) is 5.69 Å². The largest absolute Gasteiger partial charge is 0.368 e. The van der Waals surface area contributed by atoms with Crippen molar-refractivity contribution in [1.82, 2.24) is 35.4 Å². The molecular formula is C19H19N8O.